The van der Waals surface area contributed by atoms with E-state index in [0.717, 1.165) is 43.6 Å². The fraction of sp³-hybridized carbons (Fsp3) is 0.522. The zero-order chi connectivity index (χ0) is 20.5. The minimum Gasteiger partial charge on any atom is -0.496 e. The van der Waals surface area contributed by atoms with Crippen LogP contribution in [-0.4, -0.2) is 34.8 Å². The van der Waals surface area contributed by atoms with Gasteiger partial charge in [0.25, 0.3) is 5.91 Å². The predicted molar refractivity (Wildman–Crippen MR) is 110 cm³/mol. The van der Waals surface area contributed by atoms with Gasteiger partial charge in [-0.15, -0.1) is 0 Å². The summed E-state index contributed by atoms with van der Waals surface area (Å²) < 4.78 is 21.6. The third-order valence-corrected chi connectivity index (χ3v) is 6.23. The van der Waals surface area contributed by atoms with Crippen molar-refractivity contribution >= 4 is 5.91 Å². The summed E-state index contributed by atoms with van der Waals surface area (Å²) in [6, 6.07) is 6.08. The molecule has 2 atom stereocenters. The fourth-order valence-corrected chi connectivity index (χ4v) is 4.30. The van der Waals surface area contributed by atoms with E-state index >= 15 is 0 Å². The van der Waals surface area contributed by atoms with Gasteiger partial charge in [0.15, 0.2) is 0 Å². The third-order valence-electron chi connectivity index (χ3n) is 6.23. The van der Waals surface area contributed by atoms with E-state index in [1.807, 2.05) is 13.0 Å². The summed E-state index contributed by atoms with van der Waals surface area (Å²) in [5.41, 5.74) is 2.87. The molecule has 4 rings (SSSR count). The Morgan fingerprint density at radius 2 is 2.00 bits per heavy atom. The van der Waals surface area contributed by atoms with Gasteiger partial charge in [0.05, 0.1) is 30.5 Å². The van der Waals surface area contributed by atoms with Crippen LogP contribution < -0.4 is 10.1 Å². The van der Waals surface area contributed by atoms with Crippen LogP contribution in [-0.2, 0) is 6.54 Å². The van der Waals surface area contributed by atoms with Crippen molar-refractivity contribution in [1.29, 1.82) is 0 Å². The monoisotopic (exact) mass is 400 g/mol. The van der Waals surface area contributed by atoms with Crippen molar-refractivity contribution in [3.63, 3.8) is 0 Å². The van der Waals surface area contributed by atoms with Gasteiger partial charge in [-0.2, -0.15) is 0 Å². The van der Waals surface area contributed by atoms with E-state index in [-0.39, 0.29) is 17.8 Å². The molecule has 2 fully saturated rings. The molecule has 0 radical (unpaired) electrons. The molecule has 2 saturated carbocycles. The number of ether oxygens (including phenoxy) is 1. The highest BCUT2D eigenvalue weighted by Gasteiger charge is 2.29. The first-order valence-corrected chi connectivity index (χ1v) is 10.5. The molecule has 29 heavy (non-hydrogen) atoms. The van der Waals surface area contributed by atoms with E-state index in [1.54, 1.807) is 13.2 Å². The SMILES string of the molecule is COc1ccc(F)cc1-c1cc(C(=O)N[C@@H]2CCCC[C@H]2O)c(C)n1CC1CC1. The highest BCUT2D eigenvalue weighted by atomic mass is 19.1. The second-order valence-electron chi connectivity index (χ2n) is 8.36. The van der Waals surface area contributed by atoms with Gasteiger partial charge in [0.2, 0.25) is 0 Å². The molecular formula is C23H29FN2O3. The first kappa shape index (κ1) is 20.0. The van der Waals surface area contributed by atoms with Gasteiger partial charge >= 0.3 is 0 Å². The molecular weight excluding hydrogens is 371 g/mol. The summed E-state index contributed by atoms with van der Waals surface area (Å²) in [6.45, 7) is 2.74. The van der Waals surface area contributed by atoms with Gasteiger partial charge in [-0.1, -0.05) is 12.8 Å². The average molecular weight is 400 g/mol. The van der Waals surface area contributed by atoms with E-state index in [4.69, 9.17) is 4.74 Å². The number of carbonyl (C=O) groups is 1. The second-order valence-corrected chi connectivity index (χ2v) is 8.36. The van der Waals surface area contributed by atoms with Crippen LogP contribution in [0.2, 0.25) is 0 Å². The van der Waals surface area contributed by atoms with Crippen LogP contribution in [0.15, 0.2) is 24.3 Å². The lowest BCUT2D eigenvalue weighted by Crippen LogP contribution is -2.45. The fourth-order valence-electron chi connectivity index (χ4n) is 4.30. The van der Waals surface area contributed by atoms with Crippen LogP contribution in [0, 0.1) is 18.7 Å². The van der Waals surface area contributed by atoms with Crippen LogP contribution in [0.3, 0.4) is 0 Å². The number of aromatic nitrogens is 1. The Balaban J connectivity index is 1.70. The number of hydrogen-bond acceptors (Lipinski definition) is 3. The summed E-state index contributed by atoms with van der Waals surface area (Å²) in [7, 11) is 1.57. The van der Waals surface area contributed by atoms with Crippen LogP contribution in [0.5, 0.6) is 5.75 Å². The van der Waals surface area contributed by atoms with Crippen molar-refractivity contribution in [1.82, 2.24) is 9.88 Å². The van der Waals surface area contributed by atoms with Crippen molar-refractivity contribution in [2.75, 3.05) is 7.11 Å². The van der Waals surface area contributed by atoms with E-state index in [1.165, 1.54) is 25.0 Å². The van der Waals surface area contributed by atoms with Crippen LogP contribution in [0.4, 0.5) is 4.39 Å². The Hall–Kier alpha value is -2.34. The molecule has 6 heteroatoms. The number of carbonyl (C=O) groups excluding carboxylic acids is 1. The molecule has 1 aromatic carbocycles. The van der Waals surface area contributed by atoms with Crippen LogP contribution in [0.1, 0.15) is 54.6 Å². The molecule has 0 bridgehead atoms. The van der Waals surface area contributed by atoms with Gasteiger partial charge in [-0.3, -0.25) is 4.79 Å². The maximum Gasteiger partial charge on any atom is 0.253 e. The largest absolute Gasteiger partial charge is 0.496 e. The number of aliphatic hydroxyl groups is 1. The molecule has 0 unspecified atom stereocenters. The summed E-state index contributed by atoms with van der Waals surface area (Å²) in [5, 5.41) is 13.2. The Labute approximate surface area is 170 Å². The van der Waals surface area contributed by atoms with E-state index in [2.05, 4.69) is 9.88 Å². The number of halogens is 1. The number of nitrogens with zero attached hydrogens (tertiary/aromatic N) is 1. The zero-order valence-corrected chi connectivity index (χ0v) is 17.1. The molecule has 2 aliphatic rings. The first-order valence-electron chi connectivity index (χ1n) is 10.5. The molecule has 0 aliphatic heterocycles. The molecule has 0 saturated heterocycles. The number of benzene rings is 1. The second kappa shape index (κ2) is 8.19. The summed E-state index contributed by atoms with van der Waals surface area (Å²) in [6.07, 6.45) is 5.37. The third kappa shape index (κ3) is 4.17. The van der Waals surface area contributed by atoms with E-state index < -0.39 is 6.10 Å². The lowest BCUT2D eigenvalue weighted by Gasteiger charge is -2.28. The van der Waals surface area contributed by atoms with Gasteiger partial charge < -0.3 is 19.7 Å². The number of nitrogens with one attached hydrogen (secondary N) is 1. The van der Waals surface area contributed by atoms with Crippen molar-refractivity contribution in [3.05, 3.63) is 41.3 Å². The van der Waals surface area contributed by atoms with Crippen molar-refractivity contribution in [3.8, 4) is 17.0 Å². The topological polar surface area (TPSA) is 63.5 Å². The normalized spacial score (nSPS) is 21.8. The van der Waals surface area contributed by atoms with E-state index in [0.29, 0.717) is 22.8 Å². The molecule has 156 valence electrons. The molecule has 0 spiro atoms. The van der Waals surface area contributed by atoms with Crippen molar-refractivity contribution in [2.45, 2.75) is 64.1 Å². The van der Waals surface area contributed by atoms with Crippen LogP contribution >= 0.6 is 0 Å². The lowest BCUT2D eigenvalue weighted by atomic mass is 9.92. The number of methoxy groups -OCH3 is 1. The Kier molecular flexibility index (Phi) is 5.63. The Morgan fingerprint density at radius 1 is 1.24 bits per heavy atom. The van der Waals surface area contributed by atoms with Gasteiger partial charge in [0.1, 0.15) is 11.6 Å². The quantitative estimate of drug-likeness (QED) is 0.769. The smallest absolute Gasteiger partial charge is 0.253 e. The average Bonchev–Trinajstić information content (AvgIpc) is 3.47. The number of rotatable bonds is 6. The Morgan fingerprint density at radius 3 is 2.69 bits per heavy atom. The molecule has 1 aromatic heterocycles. The molecule has 5 nitrogen and oxygen atoms in total. The number of aliphatic hydroxyl groups excluding tert-OH is 1. The molecule has 2 aromatic rings. The first-order chi connectivity index (χ1) is 14.0. The van der Waals surface area contributed by atoms with Gasteiger partial charge in [0, 0.05) is 17.8 Å². The summed E-state index contributed by atoms with van der Waals surface area (Å²) in [5.74, 6) is 0.652. The van der Waals surface area contributed by atoms with Crippen molar-refractivity contribution < 1.29 is 19.0 Å². The van der Waals surface area contributed by atoms with Crippen LogP contribution in [0.25, 0.3) is 11.3 Å². The van der Waals surface area contributed by atoms with E-state index in [9.17, 15) is 14.3 Å². The lowest BCUT2D eigenvalue weighted by molar-refractivity contribution is 0.0716. The minimum absolute atomic E-state index is 0.181. The predicted octanol–water partition coefficient (Wildman–Crippen LogP) is 4.05. The van der Waals surface area contributed by atoms with Gasteiger partial charge in [-0.25, -0.2) is 4.39 Å². The standard InChI is InChI=1S/C23H29FN2O3/c1-14-17(23(28)25-19-5-3-4-6-21(19)27)12-20(26(14)13-15-7-8-15)18-11-16(24)9-10-22(18)29-2/h9-12,15,19,21,27H,3-8,13H2,1-2H3,(H,25,28)/t19-,21-/m1/s1. The molecule has 1 heterocycles. The van der Waals surface area contributed by atoms with Gasteiger partial charge in [-0.05, 0) is 62.8 Å². The number of amides is 1. The maximum atomic E-state index is 14.0. The molecule has 2 aliphatic carbocycles. The number of hydrogen-bond donors (Lipinski definition) is 2. The molecule has 1 amide bonds. The molecule has 2 N–H and O–H groups in total. The zero-order valence-electron chi connectivity index (χ0n) is 17.1. The Bertz CT molecular complexity index is 904. The van der Waals surface area contributed by atoms with Crippen molar-refractivity contribution in [2.24, 2.45) is 5.92 Å². The minimum atomic E-state index is -0.496. The summed E-state index contributed by atoms with van der Waals surface area (Å²) >= 11 is 0. The maximum absolute atomic E-state index is 14.0. The highest BCUT2D eigenvalue weighted by Crippen LogP contribution is 2.38. The summed E-state index contributed by atoms with van der Waals surface area (Å²) in [4.78, 5) is 13.1. The highest BCUT2D eigenvalue weighted by molar-refractivity contribution is 5.97.